The lowest BCUT2D eigenvalue weighted by molar-refractivity contribution is 1.19. The molecule has 0 heterocycles. The van der Waals surface area contributed by atoms with Gasteiger partial charge in [-0.2, -0.15) is 0 Å². The molecule has 0 atom stereocenters. The smallest absolute Gasteiger partial charge is 0.134 e. The third-order valence-corrected chi connectivity index (χ3v) is 9.50. The quantitative estimate of drug-likeness (QED) is 0.445. The van der Waals surface area contributed by atoms with Crippen molar-refractivity contribution in [3.8, 4) is 0 Å². The van der Waals surface area contributed by atoms with Crippen LogP contribution < -0.4 is 0 Å². The summed E-state index contributed by atoms with van der Waals surface area (Å²) < 4.78 is 0.906. The standard InChI is InChI=1S/C6H7Br5S/c1-2-12-3-4(7)6(10,11)5(8)9/h3,5H,2H2,1H3. The molecule has 0 bridgehead atoms. The van der Waals surface area contributed by atoms with Gasteiger partial charge in [0.2, 0.25) is 0 Å². The second-order valence-electron chi connectivity index (χ2n) is 1.84. The van der Waals surface area contributed by atoms with E-state index in [0.29, 0.717) is 0 Å². The molecule has 0 aromatic carbocycles. The van der Waals surface area contributed by atoms with Gasteiger partial charge in [-0.05, 0) is 11.2 Å². The van der Waals surface area contributed by atoms with Crippen molar-refractivity contribution in [2.45, 2.75) is 13.9 Å². The van der Waals surface area contributed by atoms with Crippen LogP contribution in [0.2, 0.25) is 0 Å². The van der Waals surface area contributed by atoms with E-state index in [1.807, 2.05) is 0 Å². The lowest BCUT2D eigenvalue weighted by atomic mass is 10.5. The molecule has 72 valence electrons. The second kappa shape index (κ2) is 6.88. The minimum Gasteiger partial charge on any atom is -0.134 e. The first kappa shape index (κ1) is 14.5. The lowest BCUT2D eigenvalue weighted by Gasteiger charge is -2.21. The summed E-state index contributed by atoms with van der Waals surface area (Å²) in [6.45, 7) is 2.12. The predicted molar refractivity (Wildman–Crippen MR) is 77.4 cm³/mol. The fourth-order valence-electron chi connectivity index (χ4n) is 0.339. The van der Waals surface area contributed by atoms with Crippen LogP contribution in [0.4, 0.5) is 0 Å². The summed E-state index contributed by atoms with van der Waals surface area (Å²) in [5.74, 6) is 1.07. The van der Waals surface area contributed by atoms with Crippen LogP contribution >= 0.6 is 91.4 Å². The van der Waals surface area contributed by atoms with Gasteiger partial charge >= 0.3 is 0 Å². The third kappa shape index (κ3) is 4.82. The van der Waals surface area contributed by atoms with Crippen LogP contribution in [0.1, 0.15) is 6.92 Å². The number of thioether (sulfide) groups is 1. The van der Waals surface area contributed by atoms with Gasteiger partial charge in [0.05, 0.1) is 3.74 Å². The maximum Gasteiger partial charge on any atom is 0.134 e. The molecule has 0 fully saturated rings. The molecule has 0 aromatic rings. The van der Waals surface area contributed by atoms with Crippen molar-refractivity contribution < 1.29 is 0 Å². The monoisotopic (exact) mass is 506 g/mol. The highest BCUT2D eigenvalue weighted by molar-refractivity contribution is 9.30. The highest BCUT2D eigenvalue weighted by Gasteiger charge is 2.33. The SMILES string of the molecule is CCSC=C(Br)C(Br)(Br)C(Br)Br. The topological polar surface area (TPSA) is 0 Å². The van der Waals surface area contributed by atoms with Crippen LogP contribution in [0.15, 0.2) is 9.89 Å². The summed E-state index contributed by atoms with van der Waals surface area (Å²) in [5, 5.41) is 2.07. The van der Waals surface area contributed by atoms with Crippen molar-refractivity contribution in [1.82, 2.24) is 0 Å². The molecule has 12 heavy (non-hydrogen) atoms. The Balaban J connectivity index is 4.33. The minimum absolute atomic E-state index is 0.126. The average molecular weight is 511 g/mol. The van der Waals surface area contributed by atoms with E-state index >= 15 is 0 Å². The van der Waals surface area contributed by atoms with Gasteiger partial charge in [-0.1, -0.05) is 86.6 Å². The first-order valence-corrected chi connectivity index (χ1v) is 8.32. The molecule has 0 saturated carbocycles. The molecule has 6 heteroatoms. The average Bonchev–Trinajstić information content (AvgIpc) is 1.99. The molecule has 0 amide bonds. The van der Waals surface area contributed by atoms with E-state index in [0.717, 1.165) is 10.2 Å². The summed E-state index contributed by atoms with van der Waals surface area (Å²) in [4.78, 5) is 0. The van der Waals surface area contributed by atoms with Gasteiger partial charge in [0.25, 0.3) is 0 Å². The van der Waals surface area contributed by atoms with E-state index in [2.05, 4.69) is 92.0 Å². The number of halogens is 5. The zero-order valence-corrected chi connectivity index (χ0v) is 14.9. The predicted octanol–water partition coefficient (Wildman–Crippen LogP) is 5.58. The molecule has 0 saturated heterocycles. The Kier molecular flexibility index (Phi) is 8.31. The highest BCUT2D eigenvalue weighted by Crippen LogP contribution is 2.47. The van der Waals surface area contributed by atoms with Crippen molar-refractivity contribution >= 4 is 91.4 Å². The number of alkyl halides is 4. The maximum absolute atomic E-state index is 3.54. The van der Waals surface area contributed by atoms with E-state index in [-0.39, 0.29) is 6.97 Å². The second-order valence-corrected chi connectivity index (χ2v) is 10.5. The molecular formula is C6H7Br5S. The van der Waals surface area contributed by atoms with Crippen molar-refractivity contribution in [1.29, 1.82) is 0 Å². The van der Waals surface area contributed by atoms with Crippen molar-refractivity contribution in [2.24, 2.45) is 0 Å². The Labute approximate surface area is 119 Å². The van der Waals surface area contributed by atoms with E-state index in [1.165, 1.54) is 0 Å². The number of hydrogen-bond donors (Lipinski definition) is 0. The minimum atomic E-state index is -0.276. The van der Waals surface area contributed by atoms with Gasteiger partial charge in [-0.25, -0.2) is 0 Å². The van der Waals surface area contributed by atoms with Crippen LogP contribution in [0.5, 0.6) is 0 Å². The Morgan fingerprint density at radius 2 is 2.00 bits per heavy atom. The summed E-state index contributed by atoms with van der Waals surface area (Å²) >= 11 is 19.2. The van der Waals surface area contributed by atoms with E-state index in [4.69, 9.17) is 0 Å². The molecule has 0 aliphatic carbocycles. The molecule has 0 N–H and O–H groups in total. The van der Waals surface area contributed by atoms with E-state index in [1.54, 1.807) is 11.8 Å². The summed E-state index contributed by atoms with van der Waals surface area (Å²) in [6.07, 6.45) is 0. The molecule has 0 aromatic heterocycles. The van der Waals surface area contributed by atoms with Gasteiger partial charge < -0.3 is 0 Å². The number of hydrogen-bond acceptors (Lipinski definition) is 1. The van der Waals surface area contributed by atoms with Gasteiger partial charge in [-0.15, -0.1) is 11.8 Å². The lowest BCUT2D eigenvalue weighted by Crippen LogP contribution is -2.19. The molecule has 0 nitrogen and oxygen atoms in total. The summed E-state index contributed by atoms with van der Waals surface area (Å²) in [5.41, 5.74) is 0. The Hall–Kier alpha value is 2.49. The maximum atomic E-state index is 3.54. The number of rotatable bonds is 4. The van der Waals surface area contributed by atoms with E-state index < -0.39 is 0 Å². The highest BCUT2D eigenvalue weighted by atomic mass is 79.9. The first-order chi connectivity index (χ1) is 5.42. The van der Waals surface area contributed by atoms with Crippen molar-refractivity contribution in [3.63, 3.8) is 0 Å². The van der Waals surface area contributed by atoms with Gasteiger partial charge in [0.1, 0.15) is 3.23 Å². The Morgan fingerprint density at radius 3 is 2.33 bits per heavy atom. The van der Waals surface area contributed by atoms with Crippen LogP contribution in [0.3, 0.4) is 0 Å². The third-order valence-electron chi connectivity index (χ3n) is 0.946. The van der Waals surface area contributed by atoms with Crippen LogP contribution in [0, 0.1) is 0 Å². The molecule has 0 aliphatic heterocycles. The van der Waals surface area contributed by atoms with Crippen LogP contribution in [-0.2, 0) is 0 Å². The van der Waals surface area contributed by atoms with Crippen LogP contribution in [0.25, 0.3) is 0 Å². The largest absolute Gasteiger partial charge is 0.134 e. The molecule has 0 aliphatic rings. The molecule has 0 radical (unpaired) electrons. The molecule has 0 spiro atoms. The summed E-state index contributed by atoms with van der Waals surface area (Å²) in [6, 6.07) is 0. The van der Waals surface area contributed by atoms with Crippen LogP contribution in [-0.4, -0.2) is 12.7 Å². The van der Waals surface area contributed by atoms with Gasteiger partial charge in [-0.3, -0.25) is 0 Å². The number of allylic oxidation sites excluding steroid dienone is 1. The fraction of sp³-hybridized carbons (Fsp3) is 0.667. The zero-order chi connectivity index (χ0) is 9.78. The van der Waals surface area contributed by atoms with Crippen molar-refractivity contribution in [2.75, 3.05) is 5.75 Å². The Bertz CT molecular complexity index is 165. The summed E-state index contributed by atoms with van der Waals surface area (Å²) in [7, 11) is 0. The normalized spacial score (nSPS) is 14.1. The molecular weight excluding hydrogens is 504 g/mol. The van der Waals surface area contributed by atoms with Crippen molar-refractivity contribution in [3.05, 3.63) is 9.89 Å². The first-order valence-electron chi connectivity index (χ1n) is 3.06. The molecule has 0 rings (SSSR count). The Morgan fingerprint density at radius 1 is 1.50 bits per heavy atom. The van der Waals surface area contributed by atoms with E-state index in [9.17, 15) is 0 Å². The fourth-order valence-corrected chi connectivity index (χ4v) is 3.10. The van der Waals surface area contributed by atoms with Gasteiger partial charge in [0, 0.05) is 4.48 Å². The zero-order valence-electron chi connectivity index (χ0n) is 6.16. The van der Waals surface area contributed by atoms with Gasteiger partial charge in [0.15, 0.2) is 0 Å². The molecule has 0 unspecified atom stereocenters.